The summed E-state index contributed by atoms with van der Waals surface area (Å²) in [5.74, 6) is 0. The van der Waals surface area contributed by atoms with E-state index in [0.717, 1.165) is 19.7 Å². The van der Waals surface area contributed by atoms with Crippen LogP contribution in [0.5, 0.6) is 0 Å². The third kappa shape index (κ3) is 1.94. The molecule has 3 nitrogen and oxygen atoms in total. The third-order valence-corrected chi connectivity index (χ3v) is 4.31. The summed E-state index contributed by atoms with van der Waals surface area (Å²) in [6.45, 7) is 2.71. The third-order valence-electron chi connectivity index (χ3n) is 3.07. The maximum Gasteiger partial charge on any atom is 0.123 e. The molecule has 15 heavy (non-hydrogen) atoms. The average Bonchev–Trinajstić information content (AvgIpc) is 2.74. The van der Waals surface area contributed by atoms with E-state index >= 15 is 0 Å². The number of nitrogens with zero attached hydrogens (tertiary/aromatic N) is 1. The van der Waals surface area contributed by atoms with Crippen LogP contribution in [0.3, 0.4) is 0 Å². The highest BCUT2D eigenvalue weighted by Gasteiger charge is 2.22. The predicted molar refractivity (Wildman–Crippen MR) is 60.3 cm³/mol. The summed E-state index contributed by atoms with van der Waals surface area (Å²) in [5, 5.41) is 4.54. The number of ether oxygens (including phenoxy) is 1. The minimum atomic E-state index is 0.203. The zero-order valence-electron chi connectivity index (χ0n) is 8.79. The zero-order chi connectivity index (χ0) is 10.1. The highest BCUT2D eigenvalue weighted by molar-refractivity contribution is 7.11. The van der Waals surface area contributed by atoms with E-state index < -0.39 is 0 Å². The molecule has 1 fully saturated rings. The van der Waals surface area contributed by atoms with Crippen LogP contribution in [0.4, 0.5) is 0 Å². The van der Waals surface area contributed by atoms with E-state index in [9.17, 15) is 0 Å². The van der Waals surface area contributed by atoms with Crippen molar-refractivity contribution in [2.24, 2.45) is 0 Å². The Bertz CT molecular complexity index is 321. The summed E-state index contributed by atoms with van der Waals surface area (Å²) in [5.41, 5.74) is 1.34. The Hall–Kier alpha value is -0.450. The molecule has 1 unspecified atom stereocenters. The van der Waals surface area contributed by atoms with Gasteiger partial charge in [0, 0.05) is 18.0 Å². The number of thiazole rings is 1. The number of aromatic nitrogens is 1. The first-order valence-electron chi connectivity index (χ1n) is 5.74. The van der Waals surface area contributed by atoms with Crippen LogP contribution in [0.25, 0.3) is 0 Å². The molecule has 4 heteroatoms. The zero-order valence-corrected chi connectivity index (χ0v) is 9.61. The van der Waals surface area contributed by atoms with Gasteiger partial charge in [0.05, 0.1) is 12.3 Å². The van der Waals surface area contributed by atoms with Crippen LogP contribution in [0.1, 0.15) is 34.5 Å². The average molecular weight is 224 g/mol. The van der Waals surface area contributed by atoms with Gasteiger partial charge in [-0.1, -0.05) is 0 Å². The Labute approximate surface area is 93.9 Å². The van der Waals surface area contributed by atoms with Gasteiger partial charge in [0.25, 0.3) is 0 Å². The van der Waals surface area contributed by atoms with Gasteiger partial charge in [-0.2, -0.15) is 0 Å². The Balaban J connectivity index is 1.82. The number of nitrogens with one attached hydrogen (secondary N) is 1. The molecule has 82 valence electrons. The second-order valence-corrected chi connectivity index (χ2v) is 5.31. The van der Waals surface area contributed by atoms with Gasteiger partial charge in [-0.15, -0.1) is 11.3 Å². The predicted octanol–water partition coefficient (Wildman–Crippen LogP) is 1.68. The van der Waals surface area contributed by atoms with Gasteiger partial charge in [0.2, 0.25) is 0 Å². The lowest BCUT2D eigenvalue weighted by Gasteiger charge is -2.21. The molecule has 1 aliphatic heterocycles. The van der Waals surface area contributed by atoms with Gasteiger partial charge in [0.15, 0.2) is 0 Å². The number of hydrogen-bond acceptors (Lipinski definition) is 4. The lowest BCUT2D eigenvalue weighted by Crippen LogP contribution is -2.33. The number of fused-ring (bicyclic) bond motifs is 1. The number of hydrogen-bond donors (Lipinski definition) is 1. The summed E-state index contributed by atoms with van der Waals surface area (Å²) < 4.78 is 5.73. The Morgan fingerprint density at radius 3 is 3.07 bits per heavy atom. The topological polar surface area (TPSA) is 34.1 Å². The van der Waals surface area contributed by atoms with Gasteiger partial charge in [-0.25, -0.2) is 4.98 Å². The molecular weight excluding hydrogens is 208 g/mol. The summed E-state index contributed by atoms with van der Waals surface area (Å²) in [6, 6.07) is 0. The van der Waals surface area contributed by atoms with E-state index in [4.69, 9.17) is 9.72 Å². The van der Waals surface area contributed by atoms with E-state index in [1.807, 2.05) is 11.3 Å². The van der Waals surface area contributed by atoms with Gasteiger partial charge in [-0.05, 0) is 25.7 Å². The van der Waals surface area contributed by atoms with Crippen molar-refractivity contribution in [2.45, 2.75) is 31.8 Å². The molecule has 1 aromatic rings. The largest absolute Gasteiger partial charge is 0.368 e. The highest BCUT2D eigenvalue weighted by Crippen LogP contribution is 2.31. The molecule has 0 radical (unpaired) electrons. The minimum absolute atomic E-state index is 0.203. The quantitative estimate of drug-likeness (QED) is 0.788. The van der Waals surface area contributed by atoms with Gasteiger partial charge < -0.3 is 10.1 Å². The molecular formula is C11H16N2OS. The van der Waals surface area contributed by atoms with Gasteiger partial charge in [0.1, 0.15) is 11.1 Å². The first kappa shape index (κ1) is 9.75. The Kier molecular flexibility index (Phi) is 2.73. The first-order valence-corrected chi connectivity index (χ1v) is 6.56. The molecule has 0 bridgehead atoms. The fourth-order valence-electron chi connectivity index (χ4n) is 2.23. The second kappa shape index (κ2) is 4.20. The standard InChI is InChI=1S/C11H16N2OS/c1-2-4-10-8(3-1)13-11(15-10)9-7-12-5-6-14-9/h9,12H,1-7H2. The SMILES string of the molecule is C1CCc2sc(C3CNCCO3)nc2C1. The monoisotopic (exact) mass is 224 g/mol. The fourth-order valence-corrected chi connectivity index (χ4v) is 3.44. The van der Waals surface area contributed by atoms with E-state index in [0.29, 0.717) is 0 Å². The summed E-state index contributed by atoms with van der Waals surface area (Å²) in [4.78, 5) is 6.23. The smallest absolute Gasteiger partial charge is 0.123 e. The Morgan fingerprint density at radius 2 is 2.27 bits per heavy atom. The van der Waals surface area contributed by atoms with Crippen LogP contribution in [0.2, 0.25) is 0 Å². The van der Waals surface area contributed by atoms with E-state index in [1.54, 1.807) is 0 Å². The van der Waals surface area contributed by atoms with Crippen molar-refractivity contribution in [3.8, 4) is 0 Å². The van der Waals surface area contributed by atoms with E-state index in [1.165, 1.54) is 41.3 Å². The normalized spacial score (nSPS) is 26.3. The van der Waals surface area contributed by atoms with Crippen LogP contribution in [0.15, 0.2) is 0 Å². The Morgan fingerprint density at radius 1 is 1.33 bits per heavy atom. The molecule has 1 aliphatic carbocycles. The van der Waals surface area contributed by atoms with Crippen molar-refractivity contribution in [3.05, 3.63) is 15.6 Å². The molecule has 2 heterocycles. The van der Waals surface area contributed by atoms with Crippen LogP contribution in [-0.2, 0) is 17.6 Å². The molecule has 1 aromatic heterocycles. The summed E-state index contributed by atoms with van der Waals surface area (Å²) in [7, 11) is 0. The molecule has 2 aliphatic rings. The van der Waals surface area contributed by atoms with Crippen molar-refractivity contribution in [3.63, 3.8) is 0 Å². The van der Waals surface area contributed by atoms with Gasteiger partial charge >= 0.3 is 0 Å². The van der Waals surface area contributed by atoms with Crippen molar-refractivity contribution >= 4 is 11.3 Å². The lowest BCUT2D eigenvalue weighted by molar-refractivity contribution is 0.0275. The van der Waals surface area contributed by atoms with Crippen molar-refractivity contribution in [1.82, 2.24) is 10.3 Å². The van der Waals surface area contributed by atoms with Crippen molar-refractivity contribution in [1.29, 1.82) is 0 Å². The number of morpholine rings is 1. The molecule has 3 rings (SSSR count). The number of rotatable bonds is 1. The van der Waals surface area contributed by atoms with E-state index in [2.05, 4.69) is 5.32 Å². The van der Waals surface area contributed by atoms with Crippen molar-refractivity contribution < 1.29 is 4.74 Å². The number of aryl methyl sites for hydroxylation is 2. The van der Waals surface area contributed by atoms with Crippen LogP contribution in [-0.4, -0.2) is 24.7 Å². The van der Waals surface area contributed by atoms with Crippen molar-refractivity contribution in [2.75, 3.05) is 19.7 Å². The van der Waals surface area contributed by atoms with Crippen LogP contribution in [0, 0.1) is 0 Å². The van der Waals surface area contributed by atoms with Crippen LogP contribution < -0.4 is 5.32 Å². The molecule has 0 amide bonds. The summed E-state index contributed by atoms with van der Waals surface area (Å²) >= 11 is 1.87. The molecule has 1 saturated heterocycles. The van der Waals surface area contributed by atoms with Crippen LogP contribution >= 0.6 is 11.3 Å². The molecule has 1 atom stereocenters. The summed E-state index contributed by atoms with van der Waals surface area (Å²) in [6.07, 6.45) is 5.24. The lowest BCUT2D eigenvalue weighted by atomic mass is 10.0. The minimum Gasteiger partial charge on any atom is -0.368 e. The highest BCUT2D eigenvalue weighted by atomic mass is 32.1. The molecule has 0 spiro atoms. The maximum atomic E-state index is 5.73. The molecule has 0 saturated carbocycles. The molecule has 0 aromatic carbocycles. The van der Waals surface area contributed by atoms with E-state index in [-0.39, 0.29) is 6.10 Å². The fraction of sp³-hybridized carbons (Fsp3) is 0.727. The first-order chi connectivity index (χ1) is 7.43. The maximum absolute atomic E-state index is 5.73. The second-order valence-electron chi connectivity index (χ2n) is 4.19. The molecule has 1 N–H and O–H groups in total. The van der Waals surface area contributed by atoms with Gasteiger partial charge in [-0.3, -0.25) is 0 Å².